The van der Waals surface area contributed by atoms with Gasteiger partial charge in [-0.15, -0.1) is 11.3 Å². The monoisotopic (exact) mass is 301 g/mol. The van der Waals surface area contributed by atoms with E-state index in [0.717, 1.165) is 0 Å². The summed E-state index contributed by atoms with van der Waals surface area (Å²) in [4.78, 5) is 12.3. The van der Waals surface area contributed by atoms with Crippen molar-refractivity contribution in [2.45, 2.75) is 6.10 Å². The molecule has 0 radical (unpaired) electrons. The Bertz CT molecular complexity index is 593. The molecule has 7 heteroatoms. The third-order valence-electron chi connectivity index (χ3n) is 2.57. The lowest BCUT2D eigenvalue weighted by Crippen LogP contribution is -2.28. The summed E-state index contributed by atoms with van der Waals surface area (Å²) in [6.45, 7) is -0.111. The maximum Gasteiger partial charge on any atom is 0.251 e. The highest BCUT2D eigenvalue weighted by Crippen LogP contribution is 2.18. The number of hydrogen-bond acceptors (Lipinski definition) is 3. The van der Waals surface area contributed by atoms with Crippen molar-refractivity contribution >= 4 is 17.2 Å². The Morgan fingerprint density at radius 2 is 1.95 bits per heavy atom. The van der Waals surface area contributed by atoms with Crippen LogP contribution in [0.4, 0.5) is 13.2 Å². The molecule has 0 saturated heterocycles. The molecule has 0 aliphatic heterocycles. The number of hydrogen-bond donors (Lipinski definition) is 2. The fraction of sp³-hybridized carbons (Fsp3) is 0.154. The van der Waals surface area contributed by atoms with E-state index in [9.17, 15) is 23.1 Å². The summed E-state index contributed by atoms with van der Waals surface area (Å²) in [6, 6.07) is 4.64. The zero-order valence-electron chi connectivity index (χ0n) is 10.1. The second kappa shape index (κ2) is 6.06. The highest BCUT2D eigenvalue weighted by Gasteiger charge is 2.16. The van der Waals surface area contributed by atoms with E-state index < -0.39 is 29.5 Å². The Morgan fingerprint density at radius 1 is 1.30 bits per heavy atom. The summed E-state index contributed by atoms with van der Waals surface area (Å²) in [5.74, 6) is -5.29. The quantitative estimate of drug-likeness (QED) is 0.853. The van der Waals surface area contributed by atoms with Gasteiger partial charge < -0.3 is 10.4 Å². The number of carbonyl (C=O) groups excluding carboxylic acids is 1. The summed E-state index contributed by atoms with van der Waals surface area (Å²) in [6.07, 6.45) is -0.908. The molecule has 0 aliphatic carbocycles. The second-order valence-corrected chi connectivity index (χ2v) is 4.97. The molecule has 1 aromatic carbocycles. The summed E-state index contributed by atoms with van der Waals surface area (Å²) in [5, 5.41) is 13.8. The zero-order valence-corrected chi connectivity index (χ0v) is 10.9. The van der Waals surface area contributed by atoms with Crippen LogP contribution >= 0.6 is 11.3 Å². The predicted molar refractivity (Wildman–Crippen MR) is 67.9 cm³/mol. The number of aliphatic hydroxyl groups excluding tert-OH is 1. The average Bonchev–Trinajstić information content (AvgIpc) is 2.95. The first kappa shape index (κ1) is 14.5. The number of aliphatic hydroxyl groups is 1. The van der Waals surface area contributed by atoms with Crippen LogP contribution in [-0.4, -0.2) is 17.6 Å². The molecule has 2 N–H and O–H groups in total. The van der Waals surface area contributed by atoms with Crippen LogP contribution in [0.15, 0.2) is 29.6 Å². The number of rotatable bonds is 4. The lowest BCUT2D eigenvalue weighted by atomic mass is 10.2. The minimum atomic E-state index is -1.62. The smallest absolute Gasteiger partial charge is 0.251 e. The van der Waals surface area contributed by atoms with Gasteiger partial charge in [-0.05, 0) is 23.6 Å². The van der Waals surface area contributed by atoms with Crippen molar-refractivity contribution in [1.82, 2.24) is 5.32 Å². The molecule has 0 spiro atoms. The van der Waals surface area contributed by atoms with Gasteiger partial charge in [0.2, 0.25) is 0 Å². The number of benzene rings is 1. The predicted octanol–water partition coefficient (Wildman–Crippen LogP) is 2.63. The van der Waals surface area contributed by atoms with Gasteiger partial charge in [0, 0.05) is 17.0 Å². The molecule has 1 atom stereocenters. The molecule has 1 heterocycles. The average molecular weight is 301 g/mol. The third-order valence-corrected chi connectivity index (χ3v) is 3.55. The first-order valence-corrected chi connectivity index (χ1v) is 6.51. The molecule has 106 valence electrons. The molecule has 0 aliphatic rings. The minimum absolute atomic E-state index is 0.111. The molecule has 0 bridgehead atoms. The molecule has 0 fully saturated rings. The highest BCUT2D eigenvalue weighted by molar-refractivity contribution is 7.10. The van der Waals surface area contributed by atoms with Crippen LogP contribution in [0.2, 0.25) is 0 Å². The van der Waals surface area contributed by atoms with E-state index in [0.29, 0.717) is 17.0 Å². The van der Waals surface area contributed by atoms with E-state index in [4.69, 9.17) is 0 Å². The second-order valence-electron chi connectivity index (χ2n) is 4.00. The number of nitrogens with one attached hydrogen (secondary N) is 1. The number of amides is 1. The number of thiophene rings is 1. The Balaban J connectivity index is 2.02. The van der Waals surface area contributed by atoms with Crippen LogP contribution in [0, 0.1) is 17.5 Å². The van der Waals surface area contributed by atoms with E-state index in [1.807, 2.05) is 0 Å². The van der Waals surface area contributed by atoms with E-state index in [1.54, 1.807) is 17.5 Å². The minimum Gasteiger partial charge on any atom is -0.386 e. The molecule has 1 amide bonds. The highest BCUT2D eigenvalue weighted by atomic mass is 32.1. The lowest BCUT2D eigenvalue weighted by Gasteiger charge is -2.10. The van der Waals surface area contributed by atoms with E-state index in [-0.39, 0.29) is 12.1 Å². The Morgan fingerprint density at radius 3 is 2.50 bits per heavy atom. The molecule has 0 saturated carbocycles. The van der Waals surface area contributed by atoms with Crippen LogP contribution in [0.5, 0.6) is 0 Å². The summed E-state index contributed by atoms with van der Waals surface area (Å²) >= 11 is 1.31. The maximum absolute atomic E-state index is 13.0. The largest absolute Gasteiger partial charge is 0.386 e. The van der Waals surface area contributed by atoms with Crippen molar-refractivity contribution < 1.29 is 23.1 Å². The Kier molecular flexibility index (Phi) is 4.41. The normalized spacial score (nSPS) is 12.2. The van der Waals surface area contributed by atoms with Gasteiger partial charge >= 0.3 is 0 Å². The van der Waals surface area contributed by atoms with Crippen LogP contribution < -0.4 is 5.32 Å². The van der Waals surface area contributed by atoms with Crippen molar-refractivity contribution in [3.63, 3.8) is 0 Å². The van der Waals surface area contributed by atoms with Gasteiger partial charge in [-0.3, -0.25) is 4.79 Å². The standard InChI is InChI=1S/C13H10F3NO2S/c14-8-4-7(5-9(15)12(8)16)13(19)17-6-10(18)11-2-1-3-20-11/h1-5,10,18H,6H2,(H,17,19)/t10-/m0/s1. The third kappa shape index (κ3) is 3.17. The first-order chi connectivity index (χ1) is 9.49. The van der Waals surface area contributed by atoms with Crippen LogP contribution in [0.3, 0.4) is 0 Å². The summed E-state index contributed by atoms with van der Waals surface area (Å²) in [5.41, 5.74) is -0.347. The van der Waals surface area contributed by atoms with E-state index in [2.05, 4.69) is 5.32 Å². The fourth-order valence-corrected chi connectivity index (χ4v) is 2.27. The Labute approximate surface area is 116 Å². The number of carbonyl (C=O) groups is 1. The van der Waals surface area contributed by atoms with Crippen LogP contribution in [0.25, 0.3) is 0 Å². The van der Waals surface area contributed by atoms with Crippen molar-refractivity contribution in [1.29, 1.82) is 0 Å². The van der Waals surface area contributed by atoms with Crippen LogP contribution in [0.1, 0.15) is 21.3 Å². The summed E-state index contributed by atoms with van der Waals surface area (Å²) in [7, 11) is 0. The van der Waals surface area contributed by atoms with E-state index in [1.165, 1.54) is 11.3 Å². The lowest BCUT2D eigenvalue weighted by molar-refractivity contribution is 0.0917. The Hall–Kier alpha value is -1.86. The van der Waals surface area contributed by atoms with Gasteiger partial charge in [0.15, 0.2) is 17.5 Å². The van der Waals surface area contributed by atoms with E-state index >= 15 is 0 Å². The molecular formula is C13H10F3NO2S. The van der Waals surface area contributed by atoms with Gasteiger partial charge in [-0.1, -0.05) is 6.07 Å². The van der Waals surface area contributed by atoms with Gasteiger partial charge in [-0.25, -0.2) is 13.2 Å². The fourth-order valence-electron chi connectivity index (χ4n) is 1.56. The first-order valence-electron chi connectivity index (χ1n) is 5.63. The van der Waals surface area contributed by atoms with Crippen molar-refractivity contribution in [2.75, 3.05) is 6.54 Å². The van der Waals surface area contributed by atoms with Gasteiger partial charge in [-0.2, -0.15) is 0 Å². The maximum atomic E-state index is 13.0. The van der Waals surface area contributed by atoms with Gasteiger partial charge in [0.05, 0.1) is 0 Å². The van der Waals surface area contributed by atoms with Crippen molar-refractivity contribution in [2.24, 2.45) is 0 Å². The molecular weight excluding hydrogens is 291 g/mol. The zero-order chi connectivity index (χ0) is 14.7. The molecule has 2 rings (SSSR count). The number of halogens is 3. The molecule has 2 aromatic rings. The van der Waals surface area contributed by atoms with Gasteiger partial charge in [0.1, 0.15) is 6.10 Å². The topological polar surface area (TPSA) is 49.3 Å². The van der Waals surface area contributed by atoms with Crippen molar-refractivity contribution in [3.05, 3.63) is 57.5 Å². The SMILES string of the molecule is O=C(NC[C@H](O)c1cccs1)c1cc(F)c(F)c(F)c1. The summed E-state index contributed by atoms with van der Waals surface area (Å²) < 4.78 is 38.7. The van der Waals surface area contributed by atoms with Crippen molar-refractivity contribution in [3.8, 4) is 0 Å². The molecule has 0 unspecified atom stereocenters. The molecule has 1 aromatic heterocycles. The molecule has 20 heavy (non-hydrogen) atoms. The molecule has 3 nitrogen and oxygen atoms in total. The van der Waals surface area contributed by atoms with Crippen LogP contribution in [-0.2, 0) is 0 Å². The van der Waals surface area contributed by atoms with Gasteiger partial charge in [0.25, 0.3) is 5.91 Å².